The lowest BCUT2D eigenvalue weighted by atomic mass is 10.1. The Bertz CT molecular complexity index is 650. The van der Waals surface area contributed by atoms with Gasteiger partial charge in [-0.3, -0.25) is 4.79 Å². The minimum atomic E-state index is 0.232. The van der Waals surface area contributed by atoms with Crippen molar-refractivity contribution in [3.8, 4) is 5.75 Å². The van der Waals surface area contributed by atoms with Gasteiger partial charge in [0.1, 0.15) is 5.75 Å². The minimum Gasteiger partial charge on any atom is -0.497 e. The van der Waals surface area contributed by atoms with Gasteiger partial charge in [-0.1, -0.05) is 24.3 Å². The predicted molar refractivity (Wildman–Crippen MR) is 91.6 cm³/mol. The maximum Gasteiger partial charge on any atom is 0.227 e. The average molecular weight is 310 g/mol. The molecule has 4 nitrogen and oxygen atoms in total. The van der Waals surface area contributed by atoms with Crippen LogP contribution in [-0.2, 0) is 17.9 Å². The molecule has 120 valence electrons. The molecule has 0 unspecified atom stereocenters. The molecule has 1 aliphatic rings. The SMILES string of the molecule is COc1ccc(CNCc2ccc(N3CCCC3=O)cc2)cc1. The van der Waals surface area contributed by atoms with Crippen LogP contribution in [0.3, 0.4) is 0 Å². The number of carbonyl (C=O) groups excluding carboxylic acids is 1. The van der Waals surface area contributed by atoms with E-state index >= 15 is 0 Å². The summed E-state index contributed by atoms with van der Waals surface area (Å²) in [4.78, 5) is 13.6. The molecule has 0 saturated carbocycles. The number of amides is 1. The summed E-state index contributed by atoms with van der Waals surface area (Å²) in [6.45, 7) is 2.46. The van der Waals surface area contributed by atoms with Crippen molar-refractivity contribution >= 4 is 11.6 Å². The zero-order valence-corrected chi connectivity index (χ0v) is 13.4. The first-order valence-corrected chi connectivity index (χ1v) is 7.99. The number of nitrogens with one attached hydrogen (secondary N) is 1. The van der Waals surface area contributed by atoms with Gasteiger partial charge in [0.25, 0.3) is 0 Å². The standard InChI is InChI=1S/C19H22N2O2/c1-23-18-10-6-16(7-11-18)14-20-13-15-4-8-17(9-5-15)21-12-2-3-19(21)22/h4-11,20H,2-3,12-14H2,1H3. The molecule has 4 heteroatoms. The van der Waals surface area contributed by atoms with Crippen LogP contribution in [0.4, 0.5) is 5.69 Å². The van der Waals surface area contributed by atoms with Gasteiger partial charge in [0, 0.05) is 31.7 Å². The fourth-order valence-corrected chi connectivity index (χ4v) is 2.81. The monoisotopic (exact) mass is 310 g/mol. The minimum absolute atomic E-state index is 0.232. The lowest BCUT2D eigenvalue weighted by molar-refractivity contribution is -0.117. The van der Waals surface area contributed by atoms with E-state index in [2.05, 4.69) is 29.6 Å². The van der Waals surface area contributed by atoms with Gasteiger partial charge in [0.15, 0.2) is 0 Å². The Morgan fingerprint density at radius 1 is 1.00 bits per heavy atom. The maximum atomic E-state index is 11.7. The van der Waals surface area contributed by atoms with Crippen LogP contribution in [0.1, 0.15) is 24.0 Å². The number of rotatable bonds is 6. The predicted octanol–water partition coefficient (Wildman–Crippen LogP) is 3.11. The van der Waals surface area contributed by atoms with Crippen LogP contribution in [0, 0.1) is 0 Å². The number of hydrogen-bond acceptors (Lipinski definition) is 3. The number of carbonyl (C=O) groups is 1. The van der Waals surface area contributed by atoms with Crippen LogP contribution in [0.5, 0.6) is 5.75 Å². The van der Waals surface area contributed by atoms with Crippen LogP contribution in [0.2, 0.25) is 0 Å². The molecule has 0 spiro atoms. The van der Waals surface area contributed by atoms with Crippen molar-refractivity contribution in [1.82, 2.24) is 5.32 Å². The van der Waals surface area contributed by atoms with Crippen molar-refractivity contribution in [2.24, 2.45) is 0 Å². The number of anilines is 1. The highest BCUT2D eigenvalue weighted by Crippen LogP contribution is 2.21. The fourth-order valence-electron chi connectivity index (χ4n) is 2.81. The van der Waals surface area contributed by atoms with Gasteiger partial charge >= 0.3 is 0 Å². The summed E-state index contributed by atoms with van der Waals surface area (Å²) in [5, 5.41) is 3.43. The zero-order valence-electron chi connectivity index (χ0n) is 13.4. The molecule has 2 aromatic rings. The molecule has 0 radical (unpaired) electrons. The average Bonchev–Trinajstić information content (AvgIpc) is 3.02. The Hall–Kier alpha value is -2.33. The first-order valence-electron chi connectivity index (χ1n) is 7.99. The van der Waals surface area contributed by atoms with Crippen LogP contribution in [0.15, 0.2) is 48.5 Å². The molecule has 0 aromatic heterocycles. The van der Waals surface area contributed by atoms with Gasteiger partial charge in [0.2, 0.25) is 5.91 Å². The lowest BCUT2D eigenvalue weighted by Gasteiger charge is -2.16. The van der Waals surface area contributed by atoms with Crippen LogP contribution in [-0.4, -0.2) is 19.6 Å². The molecule has 1 N–H and O–H groups in total. The van der Waals surface area contributed by atoms with E-state index in [0.717, 1.165) is 37.5 Å². The third-order valence-electron chi connectivity index (χ3n) is 4.14. The molecular formula is C19H22N2O2. The van der Waals surface area contributed by atoms with Crippen LogP contribution < -0.4 is 15.0 Å². The first kappa shape index (κ1) is 15.6. The highest BCUT2D eigenvalue weighted by atomic mass is 16.5. The molecule has 0 bridgehead atoms. The van der Waals surface area contributed by atoms with Crippen molar-refractivity contribution in [2.75, 3.05) is 18.6 Å². The Labute approximate surface area is 137 Å². The Morgan fingerprint density at radius 3 is 2.13 bits per heavy atom. The molecule has 1 saturated heterocycles. The molecule has 2 aromatic carbocycles. The quantitative estimate of drug-likeness (QED) is 0.891. The number of ether oxygens (including phenoxy) is 1. The second-order valence-corrected chi connectivity index (χ2v) is 5.77. The van der Waals surface area contributed by atoms with Crippen molar-refractivity contribution in [2.45, 2.75) is 25.9 Å². The van der Waals surface area contributed by atoms with Gasteiger partial charge in [-0.05, 0) is 41.8 Å². The molecule has 0 aliphatic carbocycles. The van der Waals surface area contributed by atoms with Gasteiger partial charge in [-0.25, -0.2) is 0 Å². The molecule has 1 heterocycles. The van der Waals surface area contributed by atoms with Crippen molar-refractivity contribution in [3.05, 3.63) is 59.7 Å². The summed E-state index contributed by atoms with van der Waals surface area (Å²) in [6, 6.07) is 16.3. The van der Waals surface area contributed by atoms with Gasteiger partial charge < -0.3 is 15.0 Å². The largest absolute Gasteiger partial charge is 0.497 e. The summed E-state index contributed by atoms with van der Waals surface area (Å²) in [5.41, 5.74) is 3.45. The molecule has 23 heavy (non-hydrogen) atoms. The highest BCUT2D eigenvalue weighted by molar-refractivity contribution is 5.95. The van der Waals surface area contributed by atoms with Crippen LogP contribution in [0.25, 0.3) is 0 Å². The highest BCUT2D eigenvalue weighted by Gasteiger charge is 2.21. The van der Waals surface area contributed by atoms with E-state index in [-0.39, 0.29) is 5.91 Å². The lowest BCUT2D eigenvalue weighted by Crippen LogP contribution is -2.23. The Morgan fingerprint density at radius 2 is 1.61 bits per heavy atom. The number of methoxy groups -OCH3 is 1. The van der Waals surface area contributed by atoms with Gasteiger partial charge in [-0.2, -0.15) is 0 Å². The topological polar surface area (TPSA) is 41.6 Å². The molecule has 1 amide bonds. The van der Waals surface area contributed by atoms with E-state index in [1.54, 1.807) is 7.11 Å². The molecule has 1 fully saturated rings. The zero-order chi connectivity index (χ0) is 16.1. The van der Waals surface area contributed by atoms with E-state index in [1.807, 2.05) is 29.2 Å². The van der Waals surface area contributed by atoms with Crippen molar-refractivity contribution < 1.29 is 9.53 Å². The third-order valence-corrected chi connectivity index (χ3v) is 4.14. The summed E-state index contributed by atoms with van der Waals surface area (Å²) >= 11 is 0. The molecule has 0 atom stereocenters. The summed E-state index contributed by atoms with van der Waals surface area (Å²) < 4.78 is 5.16. The van der Waals surface area contributed by atoms with E-state index in [4.69, 9.17) is 4.74 Å². The van der Waals surface area contributed by atoms with E-state index in [9.17, 15) is 4.79 Å². The number of benzene rings is 2. The number of hydrogen-bond donors (Lipinski definition) is 1. The van der Waals surface area contributed by atoms with E-state index in [0.29, 0.717) is 6.42 Å². The van der Waals surface area contributed by atoms with Crippen LogP contribution >= 0.6 is 0 Å². The third kappa shape index (κ3) is 3.90. The Kier molecular flexibility index (Phi) is 4.93. The maximum absolute atomic E-state index is 11.7. The summed E-state index contributed by atoms with van der Waals surface area (Å²) in [6.07, 6.45) is 1.63. The van der Waals surface area contributed by atoms with Crippen molar-refractivity contribution in [1.29, 1.82) is 0 Å². The second-order valence-electron chi connectivity index (χ2n) is 5.77. The molecule has 1 aliphatic heterocycles. The summed E-state index contributed by atoms with van der Waals surface area (Å²) in [7, 11) is 1.67. The van der Waals surface area contributed by atoms with Gasteiger partial charge in [0.05, 0.1) is 7.11 Å². The fraction of sp³-hybridized carbons (Fsp3) is 0.316. The van der Waals surface area contributed by atoms with Crippen molar-refractivity contribution in [3.63, 3.8) is 0 Å². The second kappa shape index (κ2) is 7.29. The van der Waals surface area contributed by atoms with Gasteiger partial charge in [-0.15, -0.1) is 0 Å². The Balaban J connectivity index is 1.51. The van der Waals surface area contributed by atoms with E-state index in [1.165, 1.54) is 11.1 Å². The smallest absolute Gasteiger partial charge is 0.227 e. The first-order chi connectivity index (χ1) is 11.3. The molecule has 3 rings (SSSR count). The summed E-state index contributed by atoms with van der Waals surface area (Å²) in [5.74, 6) is 1.11. The van der Waals surface area contributed by atoms with E-state index < -0.39 is 0 Å². The molecular weight excluding hydrogens is 288 g/mol. The number of nitrogens with zero attached hydrogens (tertiary/aromatic N) is 1. The normalized spacial score (nSPS) is 14.3.